The molecule has 0 atom stereocenters. The molecular weight excluding hydrogens is 186 g/mol. The van der Waals surface area contributed by atoms with E-state index in [2.05, 4.69) is 6.07 Å². The lowest BCUT2D eigenvalue weighted by atomic mass is 10.0. The second-order valence-electron chi connectivity index (χ2n) is 3.30. The molecular formula is C13H11NO. The zero-order valence-electron chi connectivity index (χ0n) is 8.53. The molecule has 2 heteroatoms. The fraction of sp³-hybridized carbons (Fsp3) is 0.154. The normalized spacial score (nSPS) is 9.87. The van der Waals surface area contributed by atoms with Gasteiger partial charge in [-0.2, -0.15) is 5.26 Å². The van der Waals surface area contributed by atoms with E-state index in [-0.39, 0.29) is 0 Å². The number of hydrogen-bond donors (Lipinski definition) is 0. The summed E-state index contributed by atoms with van der Waals surface area (Å²) in [7, 11) is 1.63. The average molecular weight is 197 g/mol. The smallest absolute Gasteiger partial charge is 0.123 e. The number of nitriles is 1. The molecule has 0 saturated heterocycles. The molecule has 2 aromatic rings. The molecule has 0 bridgehead atoms. The van der Waals surface area contributed by atoms with Gasteiger partial charge in [0, 0.05) is 5.56 Å². The highest BCUT2D eigenvalue weighted by Crippen LogP contribution is 2.27. The van der Waals surface area contributed by atoms with Crippen LogP contribution < -0.4 is 4.74 Å². The van der Waals surface area contributed by atoms with Crippen LogP contribution in [0.4, 0.5) is 0 Å². The van der Waals surface area contributed by atoms with Crippen molar-refractivity contribution >= 4 is 10.8 Å². The summed E-state index contributed by atoms with van der Waals surface area (Å²) in [6.45, 7) is 0. The van der Waals surface area contributed by atoms with E-state index in [1.54, 1.807) is 7.11 Å². The predicted octanol–water partition coefficient (Wildman–Crippen LogP) is 2.91. The Kier molecular flexibility index (Phi) is 2.55. The Balaban J connectivity index is 2.74. The lowest BCUT2D eigenvalue weighted by Gasteiger charge is -2.08. The molecule has 0 unspecified atom stereocenters. The maximum Gasteiger partial charge on any atom is 0.123 e. The first-order valence-electron chi connectivity index (χ1n) is 4.78. The van der Waals surface area contributed by atoms with Gasteiger partial charge in [-0.25, -0.2) is 0 Å². The fourth-order valence-corrected chi connectivity index (χ4v) is 1.77. The zero-order valence-corrected chi connectivity index (χ0v) is 8.53. The van der Waals surface area contributed by atoms with Crippen molar-refractivity contribution in [1.82, 2.24) is 0 Å². The Bertz CT molecular complexity index is 526. The monoisotopic (exact) mass is 197 g/mol. The average Bonchev–Trinajstić information content (AvgIpc) is 2.30. The Morgan fingerprint density at radius 1 is 1.20 bits per heavy atom. The Hall–Kier alpha value is -2.01. The lowest BCUT2D eigenvalue weighted by molar-refractivity contribution is 0.411. The lowest BCUT2D eigenvalue weighted by Crippen LogP contribution is -1.92. The molecule has 0 spiro atoms. The van der Waals surface area contributed by atoms with Crippen molar-refractivity contribution in [2.24, 2.45) is 0 Å². The Morgan fingerprint density at radius 2 is 2.00 bits per heavy atom. The third kappa shape index (κ3) is 1.64. The standard InChI is InChI=1S/C13H11NO/c1-15-13-7-6-10-4-2-3-5-11(10)12(13)8-9-14/h2-7H,8H2,1H3. The summed E-state index contributed by atoms with van der Waals surface area (Å²) in [6.07, 6.45) is 0.379. The molecule has 0 N–H and O–H groups in total. The van der Waals surface area contributed by atoms with Gasteiger partial charge in [-0.15, -0.1) is 0 Å². The largest absolute Gasteiger partial charge is 0.496 e. The third-order valence-corrected chi connectivity index (χ3v) is 2.47. The number of nitrogens with zero attached hydrogens (tertiary/aromatic N) is 1. The molecule has 0 saturated carbocycles. The first-order valence-corrected chi connectivity index (χ1v) is 4.78. The van der Waals surface area contributed by atoms with E-state index in [9.17, 15) is 0 Å². The van der Waals surface area contributed by atoms with E-state index in [0.717, 1.165) is 22.1 Å². The van der Waals surface area contributed by atoms with Gasteiger partial charge in [-0.05, 0) is 16.8 Å². The molecule has 15 heavy (non-hydrogen) atoms. The van der Waals surface area contributed by atoms with Crippen LogP contribution in [0.5, 0.6) is 5.75 Å². The molecule has 74 valence electrons. The van der Waals surface area contributed by atoms with E-state index in [1.165, 1.54) is 0 Å². The van der Waals surface area contributed by atoms with Gasteiger partial charge in [-0.3, -0.25) is 0 Å². The summed E-state index contributed by atoms with van der Waals surface area (Å²) in [5.74, 6) is 0.787. The highest BCUT2D eigenvalue weighted by atomic mass is 16.5. The van der Waals surface area contributed by atoms with E-state index < -0.39 is 0 Å². The van der Waals surface area contributed by atoms with Crippen LogP contribution in [-0.2, 0) is 6.42 Å². The van der Waals surface area contributed by atoms with Crippen LogP contribution in [0.15, 0.2) is 36.4 Å². The first kappa shape index (κ1) is 9.54. The highest BCUT2D eigenvalue weighted by Gasteiger charge is 2.06. The zero-order chi connectivity index (χ0) is 10.7. The van der Waals surface area contributed by atoms with Crippen molar-refractivity contribution in [3.05, 3.63) is 42.0 Å². The number of rotatable bonds is 2. The summed E-state index contributed by atoms with van der Waals surface area (Å²) in [4.78, 5) is 0. The molecule has 0 aliphatic rings. The molecule has 2 nitrogen and oxygen atoms in total. The van der Waals surface area contributed by atoms with Gasteiger partial charge in [0.1, 0.15) is 5.75 Å². The van der Waals surface area contributed by atoms with Crippen molar-refractivity contribution < 1.29 is 4.74 Å². The van der Waals surface area contributed by atoms with Gasteiger partial charge in [0.15, 0.2) is 0 Å². The van der Waals surface area contributed by atoms with E-state index >= 15 is 0 Å². The quantitative estimate of drug-likeness (QED) is 0.741. The van der Waals surface area contributed by atoms with Crippen LogP contribution in [0, 0.1) is 11.3 Å². The van der Waals surface area contributed by atoms with Crippen LogP contribution in [0.3, 0.4) is 0 Å². The summed E-state index contributed by atoms with van der Waals surface area (Å²) < 4.78 is 5.25. The third-order valence-electron chi connectivity index (χ3n) is 2.47. The second-order valence-corrected chi connectivity index (χ2v) is 3.30. The molecule has 0 amide bonds. The molecule has 2 aromatic carbocycles. The SMILES string of the molecule is COc1ccc2ccccc2c1CC#N. The van der Waals surface area contributed by atoms with E-state index in [1.807, 2.05) is 36.4 Å². The minimum atomic E-state index is 0.379. The predicted molar refractivity (Wildman–Crippen MR) is 59.8 cm³/mol. The Labute approximate surface area is 88.7 Å². The van der Waals surface area contributed by atoms with Crippen molar-refractivity contribution in [3.8, 4) is 11.8 Å². The molecule has 0 fully saturated rings. The van der Waals surface area contributed by atoms with E-state index in [0.29, 0.717) is 6.42 Å². The summed E-state index contributed by atoms with van der Waals surface area (Å²) in [6, 6.07) is 14.1. The van der Waals surface area contributed by atoms with Crippen molar-refractivity contribution in [3.63, 3.8) is 0 Å². The molecule has 0 aliphatic heterocycles. The fourth-order valence-electron chi connectivity index (χ4n) is 1.77. The summed E-state index contributed by atoms with van der Waals surface area (Å²) in [5, 5.41) is 11.0. The molecule has 0 heterocycles. The number of fused-ring (bicyclic) bond motifs is 1. The highest BCUT2D eigenvalue weighted by molar-refractivity contribution is 5.88. The number of benzene rings is 2. The van der Waals surface area contributed by atoms with Crippen LogP contribution >= 0.6 is 0 Å². The maximum absolute atomic E-state index is 8.79. The van der Waals surface area contributed by atoms with Gasteiger partial charge in [0.25, 0.3) is 0 Å². The van der Waals surface area contributed by atoms with Crippen LogP contribution in [0.1, 0.15) is 5.56 Å². The van der Waals surface area contributed by atoms with Crippen molar-refractivity contribution in [1.29, 1.82) is 5.26 Å². The van der Waals surface area contributed by atoms with Gasteiger partial charge < -0.3 is 4.74 Å². The second kappa shape index (κ2) is 4.02. The summed E-state index contributed by atoms with van der Waals surface area (Å²) in [5.41, 5.74) is 0.970. The topological polar surface area (TPSA) is 33.0 Å². The minimum Gasteiger partial charge on any atom is -0.496 e. The number of hydrogen-bond acceptors (Lipinski definition) is 2. The number of ether oxygens (including phenoxy) is 1. The minimum absolute atomic E-state index is 0.379. The first-order chi connectivity index (χ1) is 7.36. The van der Waals surface area contributed by atoms with Gasteiger partial charge in [0.2, 0.25) is 0 Å². The molecule has 0 radical (unpaired) electrons. The molecule has 0 aromatic heterocycles. The van der Waals surface area contributed by atoms with Gasteiger partial charge >= 0.3 is 0 Å². The van der Waals surface area contributed by atoms with Crippen LogP contribution in [-0.4, -0.2) is 7.11 Å². The number of methoxy groups -OCH3 is 1. The van der Waals surface area contributed by atoms with Crippen LogP contribution in [0.2, 0.25) is 0 Å². The summed E-state index contributed by atoms with van der Waals surface area (Å²) >= 11 is 0. The molecule has 0 aliphatic carbocycles. The van der Waals surface area contributed by atoms with E-state index in [4.69, 9.17) is 10.00 Å². The maximum atomic E-state index is 8.79. The van der Waals surface area contributed by atoms with Crippen LogP contribution in [0.25, 0.3) is 10.8 Å². The van der Waals surface area contributed by atoms with Gasteiger partial charge in [-0.1, -0.05) is 30.3 Å². The molecule has 2 rings (SSSR count). The Morgan fingerprint density at radius 3 is 2.73 bits per heavy atom. The van der Waals surface area contributed by atoms with Gasteiger partial charge in [0.05, 0.1) is 19.6 Å². The van der Waals surface area contributed by atoms with Crippen molar-refractivity contribution in [2.45, 2.75) is 6.42 Å². The van der Waals surface area contributed by atoms with Crippen molar-refractivity contribution in [2.75, 3.05) is 7.11 Å².